The fourth-order valence-corrected chi connectivity index (χ4v) is 3.93. The highest BCUT2D eigenvalue weighted by atomic mass is 16.5. The molecule has 20 heavy (non-hydrogen) atoms. The van der Waals surface area contributed by atoms with Gasteiger partial charge in [0.05, 0.1) is 5.60 Å². The van der Waals surface area contributed by atoms with Gasteiger partial charge in [-0.1, -0.05) is 40.0 Å². The van der Waals surface area contributed by atoms with Crippen molar-refractivity contribution in [2.75, 3.05) is 13.2 Å². The van der Waals surface area contributed by atoms with Gasteiger partial charge in [-0.15, -0.1) is 0 Å². The average molecular weight is 284 g/mol. The predicted molar refractivity (Wildman–Crippen MR) is 88.1 cm³/mol. The molecule has 0 aromatic carbocycles. The van der Waals surface area contributed by atoms with Crippen molar-refractivity contribution in [3.8, 4) is 0 Å². The van der Waals surface area contributed by atoms with Crippen LogP contribution in [0.1, 0.15) is 79.6 Å². The Balaban J connectivity index is 2.80. The van der Waals surface area contributed by atoms with Crippen molar-refractivity contribution < 1.29 is 4.74 Å². The molecule has 1 rings (SSSR count). The molecule has 2 heteroatoms. The normalized spacial score (nSPS) is 28.1. The van der Waals surface area contributed by atoms with Crippen molar-refractivity contribution in [3.05, 3.63) is 0 Å². The van der Waals surface area contributed by atoms with Crippen LogP contribution in [0.2, 0.25) is 0 Å². The lowest BCUT2D eigenvalue weighted by Gasteiger charge is -2.44. The van der Waals surface area contributed by atoms with Gasteiger partial charge in [0.2, 0.25) is 0 Å². The molecule has 0 aliphatic heterocycles. The Morgan fingerprint density at radius 3 is 2.50 bits per heavy atom. The van der Waals surface area contributed by atoms with Crippen LogP contribution in [-0.2, 0) is 4.74 Å². The van der Waals surface area contributed by atoms with E-state index >= 15 is 0 Å². The van der Waals surface area contributed by atoms with E-state index in [-0.39, 0.29) is 5.60 Å². The van der Waals surface area contributed by atoms with E-state index in [2.05, 4.69) is 39.9 Å². The summed E-state index contributed by atoms with van der Waals surface area (Å²) in [7, 11) is 0. The van der Waals surface area contributed by atoms with Crippen LogP contribution in [0.4, 0.5) is 0 Å². The minimum atomic E-state index is -0.00970. The zero-order valence-corrected chi connectivity index (χ0v) is 14.5. The smallest absolute Gasteiger partial charge is 0.0806 e. The standard InChI is InChI=1S/C18H37NO/c1-6-13-19-17(18(5,8-3)20-9-4)16-12-10-11-15(7-2)14-16/h15-17,19H,6-14H2,1-5H3. The number of hydrogen-bond donors (Lipinski definition) is 1. The van der Waals surface area contributed by atoms with Gasteiger partial charge >= 0.3 is 0 Å². The SMILES string of the molecule is CCCNC(C1CCCC(CC)C1)C(C)(CC)OCC. The van der Waals surface area contributed by atoms with Crippen molar-refractivity contribution in [2.45, 2.75) is 91.2 Å². The van der Waals surface area contributed by atoms with Crippen molar-refractivity contribution in [1.82, 2.24) is 5.32 Å². The van der Waals surface area contributed by atoms with E-state index in [9.17, 15) is 0 Å². The topological polar surface area (TPSA) is 21.3 Å². The second-order valence-corrected chi connectivity index (χ2v) is 6.73. The number of rotatable bonds is 9. The molecular weight excluding hydrogens is 246 g/mol. The van der Waals surface area contributed by atoms with Gasteiger partial charge in [-0.05, 0) is 57.9 Å². The van der Waals surface area contributed by atoms with Crippen LogP contribution < -0.4 is 5.32 Å². The Hall–Kier alpha value is -0.0800. The molecular formula is C18H37NO. The summed E-state index contributed by atoms with van der Waals surface area (Å²) in [6.45, 7) is 13.3. The first-order valence-electron chi connectivity index (χ1n) is 8.98. The summed E-state index contributed by atoms with van der Waals surface area (Å²) in [5.74, 6) is 1.72. The van der Waals surface area contributed by atoms with Gasteiger partial charge < -0.3 is 10.1 Å². The van der Waals surface area contributed by atoms with E-state index < -0.39 is 0 Å². The van der Waals surface area contributed by atoms with Crippen LogP contribution in [0.5, 0.6) is 0 Å². The summed E-state index contributed by atoms with van der Waals surface area (Å²) >= 11 is 0. The molecule has 2 nitrogen and oxygen atoms in total. The minimum absolute atomic E-state index is 0.00970. The molecule has 120 valence electrons. The van der Waals surface area contributed by atoms with Crippen LogP contribution >= 0.6 is 0 Å². The molecule has 0 aromatic rings. The summed E-state index contributed by atoms with van der Waals surface area (Å²) in [5.41, 5.74) is -0.00970. The lowest BCUT2D eigenvalue weighted by Crippen LogP contribution is -2.55. The molecule has 1 saturated carbocycles. The molecule has 0 bridgehead atoms. The second kappa shape index (κ2) is 9.04. The Kier molecular flexibility index (Phi) is 8.13. The minimum Gasteiger partial charge on any atom is -0.374 e. The lowest BCUT2D eigenvalue weighted by molar-refractivity contribution is -0.0752. The van der Waals surface area contributed by atoms with E-state index in [0.717, 1.165) is 31.4 Å². The van der Waals surface area contributed by atoms with Gasteiger partial charge in [0.15, 0.2) is 0 Å². The van der Waals surface area contributed by atoms with Gasteiger partial charge in [0, 0.05) is 12.6 Å². The third kappa shape index (κ3) is 4.73. The maximum atomic E-state index is 6.20. The first-order valence-corrected chi connectivity index (χ1v) is 8.98. The van der Waals surface area contributed by atoms with Crippen molar-refractivity contribution >= 4 is 0 Å². The summed E-state index contributed by atoms with van der Waals surface area (Å²) in [6.07, 6.45) is 9.24. The molecule has 1 aliphatic rings. The van der Waals surface area contributed by atoms with Gasteiger partial charge in [-0.25, -0.2) is 0 Å². The largest absolute Gasteiger partial charge is 0.374 e. The fraction of sp³-hybridized carbons (Fsp3) is 1.00. The van der Waals surface area contributed by atoms with Gasteiger partial charge in [-0.3, -0.25) is 0 Å². The van der Waals surface area contributed by atoms with E-state index in [1.165, 1.54) is 38.5 Å². The highest BCUT2D eigenvalue weighted by Gasteiger charge is 2.39. The first-order chi connectivity index (χ1) is 9.61. The molecule has 4 atom stereocenters. The summed E-state index contributed by atoms with van der Waals surface area (Å²) in [4.78, 5) is 0. The van der Waals surface area contributed by atoms with Gasteiger partial charge in [-0.2, -0.15) is 0 Å². The molecule has 1 aliphatic carbocycles. The molecule has 0 amide bonds. The number of ether oxygens (including phenoxy) is 1. The Morgan fingerprint density at radius 2 is 1.95 bits per heavy atom. The lowest BCUT2D eigenvalue weighted by atomic mass is 9.72. The molecule has 0 heterocycles. The molecule has 1 fully saturated rings. The maximum absolute atomic E-state index is 6.20. The van der Waals surface area contributed by atoms with Crippen LogP contribution in [0.3, 0.4) is 0 Å². The molecule has 0 aromatic heterocycles. The zero-order valence-electron chi connectivity index (χ0n) is 14.5. The quantitative estimate of drug-likeness (QED) is 0.658. The van der Waals surface area contributed by atoms with Crippen molar-refractivity contribution in [2.24, 2.45) is 11.8 Å². The third-order valence-corrected chi connectivity index (χ3v) is 5.32. The second-order valence-electron chi connectivity index (χ2n) is 6.73. The predicted octanol–water partition coefficient (Wildman–Crippen LogP) is 4.78. The van der Waals surface area contributed by atoms with Crippen LogP contribution in [0.25, 0.3) is 0 Å². The van der Waals surface area contributed by atoms with Gasteiger partial charge in [0.1, 0.15) is 0 Å². The fourth-order valence-electron chi connectivity index (χ4n) is 3.93. The highest BCUT2D eigenvalue weighted by Crippen LogP contribution is 2.37. The summed E-state index contributed by atoms with van der Waals surface area (Å²) in [6, 6.07) is 0.516. The van der Waals surface area contributed by atoms with E-state index in [1.54, 1.807) is 0 Å². The van der Waals surface area contributed by atoms with E-state index in [4.69, 9.17) is 4.74 Å². The molecule has 0 spiro atoms. The molecule has 4 unspecified atom stereocenters. The van der Waals surface area contributed by atoms with Gasteiger partial charge in [0.25, 0.3) is 0 Å². The number of nitrogens with one attached hydrogen (secondary N) is 1. The van der Waals surface area contributed by atoms with Crippen LogP contribution in [0, 0.1) is 11.8 Å². The van der Waals surface area contributed by atoms with Crippen LogP contribution in [-0.4, -0.2) is 24.8 Å². The van der Waals surface area contributed by atoms with Crippen LogP contribution in [0.15, 0.2) is 0 Å². The molecule has 0 radical (unpaired) electrons. The van der Waals surface area contributed by atoms with E-state index in [0.29, 0.717) is 6.04 Å². The first kappa shape index (κ1) is 18.0. The average Bonchev–Trinajstić information content (AvgIpc) is 2.48. The highest BCUT2D eigenvalue weighted by molar-refractivity contribution is 4.95. The zero-order chi connectivity index (χ0) is 15.0. The Bertz CT molecular complexity index is 256. The summed E-state index contributed by atoms with van der Waals surface area (Å²) < 4.78 is 6.20. The monoisotopic (exact) mass is 283 g/mol. The maximum Gasteiger partial charge on any atom is 0.0806 e. The van der Waals surface area contributed by atoms with Crippen molar-refractivity contribution in [3.63, 3.8) is 0 Å². The van der Waals surface area contributed by atoms with E-state index in [1.807, 2.05) is 0 Å². The Labute approximate surface area is 127 Å². The molecule has 1 N–H and O–H groups in total. The number of hydrogen-bond acceptors (Lipinski definition) is 2. The Morgan fingerprint density at radius 1 is 1.20 bits per heavy atom. The van der Waals surface area contributed by atoms with Crippen molar-refractivity contribution in [1.29, 1.82) is 0 Å². The summed E-state index contributed by atoms with van der Waals surface area (Å²) in [5, 5.41) is 3.84. The third-order valence-electron chi connectivity index (χ3n) is 5.32. The molecule has 0 saturated heterocycles.